The summed E-state index contributed by atoms with van der Waals surface area (Å²) in [5.41, 5.74) is 1.27. The first-order valence-electron chi connectivity index (χ1n) is 5.03. The predicted molar refractivity (Wildman–Crippen MR) is 62.5 cm³/mol. The second kappa shape index (κ2) is 5.29. The standard InChI is InChI=1S/C10H9FN2.C2H6.H2/c1-2-3-8-6-9(11)10-12-4-5-13(10)7-8;1-2;/h2,4-7H,1,3H2;1-2H3;1H. The fraction of sp³-hybridized carbons (Fsp3) is 0.250. The molecule has 0 saturated heterocycles. The molecule has 0 bridgehead atoms. The SMILES string of the molecule is C=CCc1cc(F)c2nccn2c1.CC.[HH]. The quantitative estimate of drug-likeness (QED) is 0.691. The van der Waals surface area contributed by atoms with Crippen LogP contribution >= 0.6 is 0 Å². The molecule has 2 rings (SSSR count). The number of rotatable bonds is 2. The minimum absolute atomic E-state index is 0. The van der Waals surface area contributed by atoms with Crippen molar-refractivity contribution in [1.29, 1.82) is 0 Å². The molecule has 2 aromatic heterocycles. The third-order valence-electron chi connectivity index (χ3n) is 1.88. The fourth-order valence-electron chi connectivity index (χ4n) is 1.32. The third-order valence-corrected chi connectivity index (χ3v) is 1.88. The molecule has 82 valence electrons. The zero-order valence-electron chi connectivity index (χ0n) is 9.07. The van der Waals surface area contributed by atoms with Crippen molar-refractivity contribution >= 4 is 5.65 Å². The molecule has 0 aliphatic rings. The van der Waals surface area contributed by atoms with Crippen LogP contribution in [0.3, 0.4) is 0 Å². The summed E-state index contributed by atoms with van der Waals surface area (Å²) < 4.78 is 15.0. The summed E-state index contributed by atoms with van der Waals surface area (Å²) in [6, 6.07) is 1.49. The van der Waals surface area contributed by atoms with Gasteiger partial charge in [-0.15, -0.1) is 6.58 Å². The summed E-state index contributed by atoms with van der Waals surface area (Å²) in [5.74, 6) is -0.288. The van der Waals surface area contributed by atoms with Gasteiger partial charge in [-0.05, 0) is 18.1 Å². The highest BCUT2D eigenvalue weighted by atomic mass is 19.1. The number of nitrogens with zero attached hydrogens (tertiary/aromatic N) is 2. The van der Waals surface area contributed by atoms with E-state index in [0.717, 1.165) is 5.56 Å². The minimum Gasteiger partial charge on any atom is -0.304 e. The highest BCUT2D eigenvalue weighted by Crippen LogP contribution is 2.10. The Morgan fingerprint density at radius 1 is 1.60 bits per heavy atom. The molecule has 0 radical (unpaired) electrons. The van der Waals surface area contributed by atoms with E-state index >= 15 is 0 Å². The lowest BCUT2D eigenvalue weighted by molar-refractivity contribution is 0.628. The minimum atomic E-state index is -0.288. The van der Waals surface area contributed by atoms with Crippen molar-refractivity contribution in [2.45, 2.75) is 20.3 Å². The first kappa shape index (κ1) is 11.4. The number of hydrogen-bond acceptors (Lipinski definition) is 1. The summed E-state index contributed by atoms with van der Waals surface area (Å²) in [7, 11) is 0. The second-order valence-corrected chi connectivity index (χ2v) is 2.85. The average Bonchev–Trinajstić information content (AvgIpc) is 2.70. The van der Waals surface area contributed by atoms with E-state index in [1.165, 1.54) is 6.07 Å². The zero-order valence-corrected chi connectivity index (χ0v) is 9.07. The van der Waals surface area contributed by atoms with Crippen molar-refractivity contribution in [3.05, 3.63) is 48.7 Å². The molecular formula is C12H17FN2. The molecule has 2 heterocycles. The first-order valence-corrected chi connectivity index (χ1v) is 5.03. The van der Waals surface area contributed by atoms with Gasteiger partial charge in [0.25, 0.3) is 0 Å². The normalized spacial score (nSPS) is 9.53. The van der Waals surface area contributed by atoms with E-state index in [9.17, 15) is 4.39 Å². The van der Waals surface area contributed by atoms with Crippen LogP contribution in [0.25, 0.3) is 5.65 Å². The van der Waals surface area contributed by atoms with Crippen molar-refractivity contribution in [2.24, 2.45) is 0 Å². The number of aromatic nitrogens is 2. The third kappa shape index (κ3) is 2.43. The molecule has 0 atom stereocenters. The Morgan fingerprint density at radius 3 is 3.00 bits per heavy atom. The number of imidazole rings is 1. The van der Waals surface area contributed by atoms with Crippen LogP contribution in [0, 0.1) is 5.82 Å². The van der Waals surface area contributed by atoms with Crippen molar-refractivity contribution in [2.75, 3.05) is 0 Å². The Bertz CT molecular complexity index is 451. The van der Waals surface area contributed by atoms with E-state index < -0.39 is 0 Å². The van der Waals surface area contributed by atoms with Gasteiger partial charge in [-0.25, -0.2) is 9.37 Å². The van der Waals surface area contributed by atoms with E-state index in [4.69, 9.17) is 0 Å². The van der Waals surface area contributed by atoms with Gasteiger partial charge < -0.3 is 4.40 Å². The van der Waals surface area contributed by atoms with E-state index in [-0.39, 0.29) is 7.24 Å². The van der Waals surface area contributed by atoms with E-state index in [0.29, 0.717) is 12.1 Å². The van der Waals surface area contributed by atoms with Gasteiger partial charge in [0, 0.05) is 20.0 Å². The van der Waals surface area contributed by atoms with Gasteiger partial charge in [-0.3, -0.25) is 0 Å². The molecular weight excluding hydrogens is 191 g/mol. The number of allylic oxidation sites excluding steroid dienone is 1. The van der Waals surface area contributed by atoms with Crippen LogP contribution in [-0.2, 0) is 6.42 Å². The lowest BCUT2D eigenvalue weighted by Crippen LogP contribution is -1.92. The van der Waals surface area contributed by atoms with Gasteiger partial charge in [0.15, 0.2) is 11.5 Å². The van der Waals surface area contributed by atoms with E-state index in [1.807, 2.05) is 20.0 Å². The van der Waals surface area contributed by atoms with Crippen LogP contribution in [-0.4, -0.2) is 9.38 Å². The summed E-state index contributed by atoms with van der Waals surface area (Å²) in [6.07, 6.45) is 7.58. The molecule has 0 aliphatic carbocycles. The van der Waals surface area contributed by atoms with Crippen LogP contribution < -0.4 is 0 Å². The maximum atomic E-state index is 13.3. The van der Waals surface area contributed by atoms with Crippen LogP contribution in [0.1, 0.15) is 20.8 Å². The highest BCUT2D eigenvalue weighted by Gasteiger charge is 2.02. The van der Waals surface area contributed by atoms with Gasteiger partial charge >= 0.3 is 0 Å². The zero-order chi connectivity index (χ0) is 11.3. The van der Waals surface area contributed by atoms with Crippen LogP contribution in [0.15, 0.2) is 37.3 Å². The highest BCUT2D eigenvalue weighted by molar-refractivity contribution is 5.41. The Hall–Kier alpha value is -1.64. The summed E-state index contributed by atoms with van der Waals surface area (Å²) in [6.45, 7) is 7.61. The molecule has 0 amide bonds. The molecule has 3 heteroatoms. The number of hydrogen-bond donors (Lipinski definition) is 0. The van der Waals surface area contributed by atoms with Gasteiger partial charge in [0.05, 0.1) is 0 Å². The van der Waals surface area contributed by atoms with Crippen LogP contribution in [0.4, 0.5) is 4.39 Å². The van der Waals surface area contributed by atoms with Crippen LogP contribution in [0.5, 0.6) is 0 Å². The second-order valence-electron chi connectivity index (χ2n) is 2.85. The summed E-state index contributed by atoms with van der Waals surface area (Å²) >= 11 is 0. The number of pyridine rings is 1. The van der Waals surface area contributed by atoms with E-state index in [2.05, 4.69) is 11.6 Å². The smallest absolute Gasteiger partial charge is 0.173 e. The molecule has 0 saturated carbocycles. The molecule has 0 N–H and O–H groups in total. The molecule has 0 unspecified atom stereocenters. The Morgan fingerprint density at radius 2 is 2.33 bits per heavy atom. The molecule has 2 nitrogen and oxygen atoms in total. The molecule has 0 aliphatic heterocycles. The van der Waals surface area contributed by atoms with Crippen molar-refractivity contribution in [3.8, 4) is 0 Å². The van der Waals surface area contributed by atoms with Crippen molar-refractivity contribution < 1.29 is 5.82 Å². The Balaban J connectivity index is 0.000000711. The molecule has 15 heavy (non-hydrogen) atoms. The van der Waals surface area contributed by atoms with Gasteiger partial charge in [-0.2, -0.15) is 0 Å². The van der Waals surface area contributed by atoms with Gasteiger partial charge in [0.1, 0.15) is 0 Å². The van der Waals surface area contributed by atoms with Gasteiger partial charge in [-0.1, -0.05) is 19.9 Å². The molecule has 0 aromatic carbocycles. The average molecular weight is 208 g/mol. The van der Waals surface area contributed by atoms with E-state index in [1.54, 1.807) is 22.9 Å². The van der Waals surface area contributed by atoms with Gasteiger partial charge in [0.2, 0.25) is 0 Å². The maximum absolute atomic E-state index is 13.3. The lowest BCUT2D eigenvalue weighted by Gasteiger charge is -1.99. The van der Waals surface area contributed by atoms with Crippen LogP contribution in [0.2, 0.25) is 0 Å². The monoisotopic (exact) mass is 208 g/mol. The number of halogens is 1. The molecule has 0 fully saturated rings. The van der Waals surface area contributed by atoms with Crippen molar-refractivity contribution in [3.63, 3.8) is 0 Å². The predicted octanol–water partition coefficient (Wildman–Crippen LogP) is 3.47. The molecule has 0 spiro atoms. The van der Waals surface area contributed by atoms with Crippen molar-refractivity contribution in [1.82, 2.24) is 9.38 Å². The number of fused-ring (bicyclic) bond motifs is 1. The largest absolute Gasteiger partial charge is 0.304 e. The maximum Gasteiger partial charge on any atom is 0.173 e. The first-order chi connectivity index (χ1) is 7.31. The Labute approximate surface area is 90.6 Å². The fourth-order valence-corrected chi connectivity index (χ4v) is 1.32. The summed E-state index contributed by atoms with van der Waals surface area (Å²) in [4.78, 5) is 3.88. The lowest BCUT2D eigenvalue weighted by atomic mass is 10.2. The summed E-state index contributed by atoms with van der Waals surface area (Å²) in [5, 5.41) is 0. The molecule has 2 aromatic rings. The Kier molecular flexibility index (Phi) is 4.03. The topological polar surface area (TPSA) is 17.3 Å².